The summed E-state index contributed by atoms with van der Waals surface area (Å²) in [6.45, 7) is 4.61. The molecule has 7 unspecified atom stereocenters. The number of aliphatic hydroxyl groups excluding tert-OH is 4. The van der Waals surface area contributed by atoms with Crippen LogP contribution >= 0.6 is 0 Å². The third kappa shape index (κ3) is 8.82. The molecule has 3 saturated carbocycles. The Morgan fingerprint density at radius 1 is 1.14 bits per heavy atom. The molecule has 0 saturated heterocycles. The fourth-order valence-corrected chi connectivity index (χ4v) is 10.1. The number of unbranched alkanes of at least 4 members (excludes halogenated alkanes) is 1. The molecule has 7 atom stereocenters. The number of aliphatic hydroxyl groups is 6. The predicted octanol–water partition coefficient (Wildman–Crippen LogP) is 5.64. The van der Waals surface area contributed by atoms with Gasteiger partial charge in [0.15, 0.2) is 17.6 Å². The van der Waals surface area contributed by atoms with Gasteiger partial charge in [-0.05, 0) is 99.7 Å². The van der Waals surface area contributed by atoms with Crippen LogP contribution in [-0.4, -0.2) is 86.7 Å². The SMILES string of the molecule is CCCCC1[OH+][C-](CCc2ccc(O)c(OCC(O)C3=C[C+]4C(=N3)CC3(CCCC3)C3CCCC3C4C(CCCO)NCC(C)O)c2)C=C1CO. The van der Waals surface area contributed by atoms with E-state index in [1.54, 1.807) is 6.07 Å². The summed E-state index contributed by atoms with van der Waals surface area (Å²) in [5.74, 6) is 2.94. The van der Waals surface area contributed by atoms with Crippen LogP contribution < -0.4 is 10.1 Å². The van der Waals surface area contributed by atoms with E-state index < -0.39 is 12.2 Å². The lowest BCUT2D eigenvalue weighted by Gasteiger charge is -2.39. The van der Waals surface area contributed by atoms with Crippen LogP contribution in [0.5, 0.6) is 11.5 Å². The highest BCUT2D eigenvalue weighted by Crippen LogP contribution is 2.61. The molecule has 0 radical (unpaired) electrons. The van der Waals surface area contributed by atoms with Gasteiger partial charge in [0.25, 0.3) is 0 Å². The molecule has 9 nitrogen and oxygen atoms in total. The largest absolute Gasteiger partial charge is 0.504 e. The van der Waals surface area contributed by atoms with E-state index in [0.717, 1.165) is 67.9 Å². The number of hydrogen-bond acceptors (Lipinski definition) is 8. The van der Waals surface area contributed by atoms with Gasteiger partial charge in [-0.25, -0.2) is 0 Å². The van der Waals surface area contributed by atoms with Gasteiger partial charge in [0, 0.05) is 38.6 Å². The lowest BCUT2D eigenvalue weighted by molar-refractivity contribution is -0.0550. The minimum Gasteiger partial charge on any atom is -0.504 e. The van der Waals surface area contributed by atoms with Crippen molar-refractivity contribution in [1.82, 2.24) is 5.32 Å². The molecule has 0 aromatic heterocycles. The first-order valence-electron chi connectivity index (χ1n) is 19.9. The van der Waals surface area contributed by atoms with E-state index in [4.69, 9.17) is 14.5 Å². The summed E-state index contributed by atoms with van der Waals surface area (Å²) in [4.78, 5) is 5.17. The number of benzene rings is 1. The molecule has 9 heteroatoms. The van der Waals surface area contributed by atoms with Gasteiger partial charge in [0.1, 0.15) is 30.4 Å². The minimum absolute atomic E-state index is 0.0304. The van der Waals surface area contributed by atoms with Crippen molar-refractivity contribution in [2.75, 3.05) is 26.4 Å². The Morgan fingerprint density at radius 3 is 2.71 bits per heavy atom. The van der Waals surface area contributed by atoms with Crippen LogP contribution in [0.15, 0.2) is 46.6 Å². The molecule has 6 rings (SSSR count). The van der Waals surface area contributed by atoms with Gasteiger partial charge in [0.2, 0.25) is 5.70 Å². The molecule has 2 aliphatic heterocycles. The minimum atomic E-state index is -0.962. The molecule has 51 heavy (non-hydrogen) atoms. The van der Waals surface area contributed by atoms with Crippen molar-refractivity contribution in [3.63, 3.8) is 0 Å². The molecule has 0 amide bonds. The maximum Gasteiger partial charge on any atom is 0.208 e. The standard InChI is InChI=1S/C42H62N2O7/c1-3-4-12-39-29(25-46)21-30(51-39)15-13-28-14-16-37(48)40(20-28)50-26-38(49)35-22-32-36(44-35)23-42(17-5-6-18-42)33-10-7-9-31(33)41(32)34(11-8-19-45)43-24-27(2)47/h14,16,20-22,27,31,33-34,38-39,41,43,45-47,49,51H,3-13,15,17-19,23-26H2,1-2H3/p+1. The van der Waals surface area contributed by atoms with E-state index in [1.807, 2.05) is 25.1 Å². The van der Waals surface area contributed by atoms with Gasteiger partial charge in [-0.1, -0.05) is 38.7 Å². The number of nitrogens with one attached hydrogen (secondary N) is 1. The van der Waals surface area contributed by atoms with E-state index in [2.05, 4.69) is 18.3 Å². The van der Waals surface area contributed by atoms with Gasteiger partial charge in [0.05, 0.1) is 18.1 Å². The second-order valence-electron chi connectivity index (χ2n) is 16.1. The monoisotopic (exact) mass is 707 g/mol. The molecule has 0 bridgehead atoms. The molecule has 7 N–H and O–H groups in total. The van der Waals surface area contributed by atoms with Crippen molar-refractivity contribution < 1.29 is 35.0 Å². The Kier molecular flexibility index (Phi) is 13.1. The molecule has 1 aromatic rings. The van der Waals surface area contributed by atoms with E-state index in [-0.39, 0.29) is 49.0 Å². The van der Waals surface area contributed by atoms with Crippen molar-refractivity contribution in [3.8, 4) is 11.5 Å². The molecular formula is C42H63N2O7+. The van der Waals surface area contributed by atoms with Crippen molar-refractivity contribution in [2.24, 2.45) is 28.2 Å². The van der Waals surface area contributed by atoms with Gasteiger partial charge in [-0.15, -0.1) is 16.6 Å². The fraction of sp³-hybridized carbons (Fsp3) is 0.690. The number of ether oxygens (including phenoxy) is 2. The Balaban J connectivity index is 1.16. The molecular weight excluding hydrogens is 644 g/mol. The topological polar surface area (TPSA) is 148 Å². The third-order valence-electron chi connectivity index (χ3n) is 12.5. The summed E-state index contributed by atoms with van der Waals surface area (Å²) in [5, 5.41) is 55.8. The second kappa shape index (κ2) is 17.5. The molecule has 1 spiro atoms. The first-order valence-corrected chi connectivity index (χ1v) is 19.9. The van der Waals surface area contributed by atoms with Gasteiger partial charge >= 0.3 is 0 Å². The Bertz CT molecular complexity index is 1380. The van der Waals surface area contributed by atoms with E-state index in [9.17, 15) is 25.5 Å². The van der Waals surface area contributed by atoms with Gasteiger partial charge < -0.3 is 40.3 Å². The summed E-state index contributed by atoms with van der Waals surface area (Å²) < 4.78 is 11.0. The van der Waals surface area contributed by atoms with Crippen LogP contribution in [0.4, 0.5) is 0 Å². The second-order valence-corrected chi connectivity index (χ2v) is 16.1. The lowest BCUT2D eigenvalue weighted by atomic mass is 9.65. The number of allylic oxidation sites excluding steroid dienone is 1. The highest BCUT2D eigenvalue weighted by Gasteiger charge is 2.59. The average molecular weight is 708 g/mol. The third-order valence-corrected chi connectivity index (χ3v) is 12.5. The van der Waals surface area contributed by atoms with Crippen LogP contribution in [0.2, 0.25) is 0 Å². The molecule has 282 valence electrons. The lowest BCUT2D eigenvalue weighted by Crippen LogP contribution is -2.46. The molecule has 3 aliphatic carbocycles. The van der Waals surface area contributed by atoms with Crippen LogP contribution in [0, 0.1) is 35.2 Å². The zero-order chi connectivity index (χ0) is 36.0. The zero-order valence-corrected chi connectivity index (χ0v) is 30.9. The number of hydrogen-bond donors (Lipinski definition) is 6. The number of phenolic OH excluding ortho intramolecular Hbond substituents is 1. The first-order chi connectivity index (χ1) is 24.7. The maximum absolute atomic E-state index is 11.5. The van der Waals surface area contributed by atoms with E-state index in [0.29, 0.717) is 36.2 Å². The maximum atomic E-state index is 11.5. The van der Waals surface area contributed by atoms with Gasteiger partial charge in [-0.2, -0.15) is 0 Å². The van der Waals surface area contributed by atoms with Gasteiger partial charge in [-0.3, -0.25) is 0 Å². The number of aryl methyl sites for hydroxylation is 1. The Labute approximate surface area is 305 Å². The van der Waals surface area contributed by atoms with Crippen molar-refractivity contribution in [1.29, 1.82) is 0 Å². The quantitative estimate of drug-likeness (QED) is 0.0856. The molecule has 2 heterocycles. The number of aromatic hydroxyl groups is 1. The normalized spacial score (nSPS) is 27.1. The highest BCUT2D eigenvalue weighted by molar-refractivity contribution is 6.03. The number of phenols is 1. The smallest absolute Gasteiger partial charge is 0.208 e. The number of fused-ring (bicyclic) bond motifs is 3. The highest BCUT2D eigenvalue weighted by atomic mass is 16.5. The van der Waals surface area contributed by atoms with Crippen molar-refractivity contribution >= 4 is 5.71 Å². The summed E-state index contributed by atoms with van der Waals surface area (Å²) in [6.07, 6.45) is 19.5. The Hall–Kier alpha value is -2.53. The zero-order valence-electron chi connectivity index (χ0n) is 30.9. The van der Waals surface area contributed by atoms with Crippen molar-refractivity contribution in [3.05, 3.63) is 59.2 Å². The van der Waals surface area contributed by atoms with Crippen LogP contribution in [0.25, 0.3) is 0 Å². The molecule has 5 aliphatic rings. The molecule has 1 aromatic carbocycles. The van der Waals surface area contributed by atoms with E-state index >= 15 is 0 Å². The number of aliphatic imine (C=N–C) groups is 1. The molecule has 3 fully saturated rings. The van der Waals surface area contributed by atoms with Crippen molar-refractivity contribution in [2.45, 2.75) is 135 Å². The number of rotatable bonds is 18. The van der Waals surface area contributed by atoms with E-state index in [1.165, 1.54) is 50.9 Å². The fourth-order valence-electron chi connectivity index (χ4n) is 10.1. The van der Waals surface area contributed by atoms with Crippen LogP contribution in [-0.2, 0) is 6.42 Å². The van der Waals surface area contributed by atoms with Crippen LogP contribution in [0.3, 0.4) is 0 Å². The summed E-state index contributed by atoms with van der Waals surface area (Å²) >= 11 is 0. The average Bonchev–Trinajstić information content (AvgIpc) is 3.94. The first kappa shape index (κ1) is 38.2. The predicted molar refractivity (Wildman–Crippen MR) is 200 cm³/mol. The van der Waals surface area contributed by atoms with Crippen LogP contribution in [0.1, 0.15) is 109 Å². The number of nitrogens with zero attached hydrogens (tertiary/aromatic N) is 1. The Morgan fingerprint density at radius 2 is 1.96 bits per heavy atom. The summed E-state index contributed by atoms with van der Waals surface area (Å²) in [7, 11) is 0. The summed E-state index contributed by atoms with van der Waals surface area (Å²) in [5.41, 5.74) is 3.96. The summed E-state index contributed by atoms with van der Waals surface area (Å²) in [6, 6.07) is 5.48.